The fourth-order valence-corrected chi connectivity index (χ4v) is 7.34. The molecule has 0 saturated heterocycles. The van der Waals surface area contributed by atoms with Crippen molar-refractivity contribution < 1.29 is 60.2 Å². The number of hydrogen-bond donors (Lipinski definition) is 2. The summed E-state index contributed by atoms with van der Waals surface area (Å²) >= 11 is 0. The summed E-state index contributed by atoms with van der Waals surface area (Å²) in [4.78, 5) is 0. The van der Waals surface area contributed by atoms with Gasteiger partial charge in [0.1, 0.15) is 14.1 Å². The molecule has 316 valence electrons. The summed E-state index contributed by atoms with van der Waals surface area (Å²) < 4.78 is 8.32. The zero-order valence-electron chi connectivity index (χ0n) is 35.6. The van der Waals surface area contributed by atoms with E-state index in [9.17, 15) is 0 Å². The summed E-state index contributed by atoms with van der Waals surface area (Å²) in [6, 6.07) is 33.7. The molecule has 0 amide bonds. The third kappa shape index (κ3) is 17.1. The van der Waals surface area contributed by atoms with E-state index in [0.717, 1.165) is 23.8 Å². The van der Waals surface area contributed by atoms with Crippen LogP contribution in [0.3, 0.4) is 0 Å². The summed E-state index contributed by atoms with van der Waals surface area (Å²) in [6.45, 7) is 1.07. The molecule has 6 aromatic rings. The Hall–Kier alpha value is -4.26. The van der Waals surface area contributed by atoms with Crippen LogP contribution in [0.1, 0.15) is 77.0 Å². The van der Waals surface area contributed by atoms with Gasteiger partial charge in [0, 0.05) is 90.7 Å². The zero-order valence-corrected chi connectivity index (χ0v) is 38.2. The first kappa shape index (κ1) is 52.8. The van der Waals surface area contributed by atoms with Crippen LogP contribution in [-0.2, 0) is 31.2 Å². The molecule has 2 aliphatic carbocycles. The molecule has 59 heavy (non-hydrogen) atoms. The van der Waals surface area contributed by atoms with Crippen molar-refractivity contribution in [3.63, 3.8) is 0 Å². The Morgan fingerprint density at radius 3 is 1.24 bits per heavy atom. The predicted octanol–water partition coefficient (Wildman–Crippen LogP) is 4.12. The van der Waals surface area contributed by atoms with Gasteiger partial charge >= 0.3 is 17.1 Å². The molecule has 0 radical (unpaired) electrons. The van der Waals surface area contributed by atoms with Crippen LogP contribution in [0.25, 0.3) is 33.6 Å². The third-order valence-electron chi connectivity index (χ3n) is 10.7. The normalized spacial score (nSPS) is 12.6. The largest absolute Gasteiger partial charge is 2.00 e. The number of nitrogens with two attached hydrogens (primary N) is 1. The number of nitrogens with zero attached hydrogens (tertiary/aromatic N) is 4. The Morgan fingerprint density at radius 2 is 0.847 bits per heavy atom. The molecular formula is C50H66Cl2FeN6+2. The van der Waals surface area contributed by atoms with Gasteiger partial charge in [0.15, 0.2) is 49.6 Å². The monoisotopic (exact) mass is 876 g/mol. The molecule has 0 bridgehead atoms. The van der Waals surface area contributed by atoms with E-state index in [1.165, 1.54) is 111 Å². The maximum Gasteiger partial charge on any atom is 2.00 e. The summed E-state index contributed by atoms with van der Waals surface area (Å²) in [7, 11) is 4.06. The number of halogens is 2. The fourth-order valence-electron chi connectivity index (χ4n) is 7.34. The van der Waals surface area contributed by atoms with Gasteiger partial charge in [-0.1, -0.05) is 70.6 Å². The van der Waals surface area contributed by atoms with Crippen LogP contribution in [0.4, 0.5) is 11.4 Å². The maximum absolute atomic E-state index is 5.71. The first-order valence-electron chi connectivity index (χ1n) is 20.1. The van der Waals surface area contributed by atoms with Crippen LogP contribution in [0.5, 0.6) is 0 Å². The molecule has 0 spiro atoms. The average molecular weight is 878 g/mol. The number of aromatic nitrogens is 4. The topological polar surface area (TPSA) is 53.6 Å². The number of hydrogen-bond acceptors (Lipinski definition) is 2. The average Bonchev–Trinajstić information content (AvgIpc) is 3.98. The molecule has 2 saturated carbocycles. The smallest absolute Gasteiger partial charge is 1.00 e. The molecule has 0 aliphatic heterocycles. The minimum atomic E-state index is 0. The van der Waals surface area contributed by atoms with Gasteiger partial charge in [0.25, 0.3) is 0 Å². The van der Waals surface area contributed by atoms with Gasteiger partial charge in [0.05, 0.1) is 0 Å². The van der Waals surface area contributed by atoms with E-state index >= 15 is 0 Å². The van der Waals surface area contributed by atoms with Crippen LogP contribution in [0.15, 0.2) is 147 Å². The van der Waals surface area contributed by atoms with Crippen molar-refractivity contribution in [2.45, 2.75) is 77.0 Å². The number of nitrogen functional groups attached to an aromatic ring is 1. The van der Waals surface area contributed by atoms with Gasteiger partial charge in [-0.25, -0.2) is 9.13 Å². The second kappa shape index (κ2) is 28.3. The number of benzene rings is 2. The van der Waals surface area contributed by atoms with Gasteiger partial charge in [-0.2, -0.15) is 9.13 Å². The second-order valence-electron chi connectivity index (χ2n) is 15.0. The molecule has 4 aromatic heterocycles. The Bertz CT molecular complexity index is 1890. The Kier molecular flexibility index (Phi) is 25.3. The predicted molar refractivity (Wildman–Crippen MR) is 234 cm³/mol. The molecular weight excluding hydrogens is 811 g/mol. The van der Waals surface area contributed by atoms with E-state index < -0.39 is 0 Å². The number of pyridine rings is 4. The van der Waals surface area contributed by atoms with Crippen molar-refractivity contribution in [3.8, 4) is 33.6 Å². The van der Waals surface area contributed by atoms with Gasteiger partial charge < -0.3 is 50.7 Å². The van der Waals surface area contributed by atoms with Crippen LogP contribution >= 0.6 is 0 Å². The molecule has 3 N–H and O–H groups in total. The summed E-state index contributed by atoms with van der Waals surface area (Å²) in [6.07, 6.45) is 34.1. The quantitative estimate of drug-likeness (QED) is 0.0717. The molecule has 2 aliphatic rings. The third-order valence-corrected chi connectivity index (χ3v) is 10.7. The van der Waals surface area contributed by atoms with Crippen LogP contribution in [0, 0.1) is 20.8 Å². The van der Waals surface area contributed by atoms with E-state index in [-0.39, 0.29) is 56.7 Å². The van der Waals surface area contributed by atoms with Gasteiger partial charge in [-0.15, -0.1) is 0 Å². The Labute approximate surface area is 379 Å². The SMILES string of the molecule is C1CCCC1.C[n+]1ccc(-c2cc[n+](-c3ccc(N)cc3)cc2)cc1.C[n+]1ccc(-c2cc[n+](-c3ccc(NCCCCC4CCCC4)cc3)cc2)cc1.[CH3-].[CH3-].[Cl-].[Cl-].[Fe+2]. The Morgan fingerprint density at radius 1 is 0.492 bits per heavy atom. The Balaban J connectivity index is 0.000000508. The van der Waals surface area contributed by atoms with Crippen LogP contribution in [-0.4, -0.2) is 6.54 Å². The standard InChI is InChI=1S/C26H32N3.C17H16N3.C5H10.2CH3.2ClH.Fe/c1-28-18-13-23(14-19-28)24-15-20-29(21-16-24)26-11-9-25(10-12-26)27-17-5-4-8-22-6-2-3-7-22;1-19-10-6-14(7-11-19)15-8-12-20(13-9-15)17-4-2-16(18)3-5-17;1-2-4-5-3-1;;;;;/h9-16,18-22H,2-8,17H2,1H3;2-13,18H,1H3;1-5H2;2*1H3;2*1H;/q2*+1;;2*-1;;;+2. The van der Waals surface area contributed by atoms with E-state index in [0.29, 0.717) is 0 Å². The molecule has 0 atom stereocenters. The van der Waals surface area contributed by atoms with Crippen molar-refractivity contribution >= 4 is 11.4 Å². The van der Waals surface area contributed by atoms with Crippen molar-refractivity contribution in [2.75, 3.05) is 17.6 Å². The molecule has 2 fully saturated rings. The van der Waals surface area contributed by atoms with E-state index in [1.54, 1.807) is 0 Å². The fraction of sp³-hybridized carbons (Fsp3) is 0.320. The van der Waals surface area contributed by atoms with Gasteiger partial charge in [-0.05, 0) is 58.9 Å². The second-order valence-corrected chi connectivity index (χ2v) is 15.0. The minimum Gasteiger partial charge on any atom is -1.00 e. The summed E-state index contributed by atoms with van der Waals surface area (Å²) in [5, 5.41) is 3.57. The van der Waals surface area contributed by atoms with E-state index in [1.807, 2.05) is 42.9 Å². The van der Waals surface area contributed by atoms with Crippen molar-refractivity contribution in [3.05, 3.63) is 161 Å². The van der Waals surface area contributed by atoms with Crippen LogP contribution in [0.2, 0.25) is 0 Å². The van der Waals surface area contributed by atoms with Crippen LogP contribution < -0.4 is 54.1 Å². The number of aryl methyl sites for hydroxylation is 2. The minimum absolute atomic E-state index is 0. The molecule has 8 rings (SSSR count). The molecule has 6 nitrogen and oxygen atoms in total. The van der Waals surface area contributed by atoms with E-state index in [2.05, 4.69) is 141 Å². The van der Waals surface area contributed by atoms with Crippen molar-refractivity contribution in [1.82, 2.24) is 0 Å². The molecule has 9 heteroatoms. The number of nitrogens with one attached hydrogen (secondary N) is 1. The van der Waals surface area contributed by atoms with E-state index in [4.69, 9.17) is 5.73 Å². The number of rotatable bonds is 10. The van der Waals surface area contributed by atoms with Gasteiger partial charge in [-0.3, -0.25) is 0 Å². The molecule has 4 heterocycles. The first-order valence-corrected chi connectivity index (χ1v) is 20.1. The number of unbranched alkanes of at least 4 members (excludes halogenated alkanes) is 1. The zero-order chi connectivity index (χ0) is 37.4. The molecule has 2 aromatic carbocycles. The molecule has 0 unspecified atom stereocenters. The van der Waals surface area contributed by atoms with Crippen molar-refractivity contribution in [2.24, 2.45) is 20.0 Å². The summed E-state index contributed by atoms with van der Waals surface area (Å²) in [5.74, 6) is 1.02. The van der Waals surface area contributed by atoms with Gasteiger partial charge in [0.2, 0.25) is 11.4 Å². The number of anilines is 2. The maximum atomic E-state index is 5.71. The summed E-state index contributed by atoms with van der Waals surface area (Å²) in [5.41, 5.74) is 14.9. The first-order chi connectivity index (χ1) is 26.5. The van der Waals surface area contributed by atoms with Crippen molar-refractivity contribution in [1.29, 1.82) is 0 Å².